The molecule has 90 valence electrons. The molecule has 2 aromatic rings. The summed E-state index contributed by atoms with van der Waals surface area (Å²) in [7, 11) is 0. The summed E-state index contributed by atoms with van der Waals surface area (Å²) in [5, 5.41) is 5.69. The summed E-state index contributed by atoms with van der Waals surface area (Å²) < 4.78 is 0. The molecule has 0 aliphatic heterocycles. The molecule has 0 spiro atoms. The van der Waals surface area contributed by atoms with Crippen molar-refractivity contribution in [3.63, 3.8) is 0 Å². The van der Waals surface area contributed by atoms with Gasteiger partial charge in [-0.05, 0) is 13.8 Å². The lowest BCUT2D eigenvalue weighted by molar-refractivity contribution is -0.120. The van der Waals surface area contributed by atoms with Crippen molar-refractivity contribution in [3.05, 3.63) is 32.2 Å². The molecule has 0 unspecified atom stereocenters. The molecule has 1 N–H and O–H groups in total. The van der Waals surface area contributed by atoms with Crippen molar-refractivity contribution in [2.75, 3.05) is 0 Å². The highest BCUT2D eigenvalue weighted by Crippen LogP contribution is 2.15. The number of aryl methyl sites for hydroxylation is 2. The van der Waals surface area contributed by atoms with Gasteiger partial charge in [-0.15, -0.1) is 22.7 Å². The van der Waals surface area contributed by atoms with Crippen molar-refractivity contribution in [3.8, 4) is 0 Å². The first-order chi connectivity index (χ1) is 8.15. The van der Waals surface area contributed by atoms with Crippen LogP contribution in [0.4, 0.5) is 0 Å². The van der Waals surface area contributed by atoms with Crippen molar-refractivity contribution in [2.24, 2.45) is 0 Å². The van der Waals surface area contributed by atoms with Crippen LogP contribution in [-0.4, -0.2) is 15.9 Å². The Morgan fingerprint density at radius 1 is 1.47 bits per heavy atom. The zero-order valence-corrected chi connectivity index (χ0v) is 11.3. The first-order valence-electron chi connectivity index (χ1n) is 5.22. The molecule has 2 rings (SSSR count). The molecule has 0 radical (unpaired) electrons. The maximum absolute atomic E-state index is 11.6. The van der Waals surface area contributed by atoms with E-state index >= 15 is 0 Å². The molecule has 17 heavy (non-hydrogen) atoms. The third-order valence-electron chi connectivity index (χ3n) is 2.33. The van der Waals surface area contributed by atoms with E-state index in [1.165, 1.54) is 16.2 Å². The summed E-state index contributed by atoms with van der Waals surface area (Å²) in [5.41, 5.74) is 3.59. The van der Waals surface area contributed by atoms with E-state index in [2.05, 4.69) is 15.3 Å². The Morgan fingerprint density at radius 3 is 2.88 bits per heavy atom. The van der Waals surface area contributed by atoms with Gasteiger partial charge in [-0.3, -0.25) is 4.79 Å². The first-order valence-corrected chi connectivity index (χ1v) is 6.97. The number of hydrogen-bond donors (Lipinski definition) is 1. The zero-order chi connectivity index (χ0) is 12.3. The fourth-order valence-corrected chi connectivity index (χ4v) is 2.77. The maximum Gasteiger partial charge on any atom is 0.226 e. The molecule has 0 aliphatic carbocycles. The van der Waals surface area contributed by atoms with Crippen molar-refractivity contribution < 1.29 is 4.79 Å². The number of aromatic nitrogens is 2. The van der Waals surface area contributed by atoms with E-state index in [1.54, 1.807) is 16.8 Å². The van der Waals surface area contributed by atoms with E-state index in [1.807, 2.05) is 19.2 Å². The molecule has 0 aliphatic rings. The summed E-state index contributed by atoms with van der Waals surface area (Å²) in [6.07, 6.45) is 0.340. The highest BCUT2D eigenvalue weighted by molar-refractivity contribution is 7.11. The molecule has 0 bridgehead atoms. The van der Waals surface area contributed by atoms with Crippen LogP contribution in [0.2, 0.25) is 0 Å². The van der Waals surface area contributed by atoms with Gasteiger partial charge >= 0.3 is 0 Å². The van der Waals surface area contributed by atoms with Gasteiger partial charge in [0.1, 0.15) is 5.01 Å². The molecule has 0 saturated heterocycles. The molecule has 1 amide bonds. The Balaban J connectivity index is 1.84. The summed E-state index contributed by atoms with van der Waals surface area (Å²) in [6.45, 7) is 4.52. The summed E-state index contributed by atoms with van der Waals surface area (Å²) in [6, 6.07) is 0. The fourth-order valence-electron chi connectivity index (χ4n) is 1.34. The van der Waals surface area contributed by atoms with Gasteiger partial charge in [-0.2, -0.15) is 0 Å². The number of nitrogens with zero attached hydrogens (tertiary/aromatic N) is 2. The van der Waals surface area contributed by atoms with Crippen LogP contribution in [0.1, 0.15) is 21.3 Å². The van der Waals surface area contributed by atoms with Crippen LogP contribution < -0.4 is 5.32 Å². The monoisotopic (exact) mass is 267 g/mol. The van der Waals surface area contributed by atoms with Crippen molar-refractivity contribution in [1.82, 2.24) is 15.3 Å². The smallest absolute Gasteiger partial charge is 0.226 e. The topological polar surface area (TPSA) is 54.9 Å². The van der Waals surface area contributed by atoms with Crippen molar-refractivity contribution >= 4 is 28.6 Å². The molecule has 2 aromatic heterocycles. The quantitative estimate of drug-likeness (QED) is 0.922. The average Bonchev–Trinajstić information content (AvgIpc) is 2.87. The fraction of sp³-hybridized carbons (Fsp3) is 0.364. The average molecular weight is 267 g/mol. The zero-order valence-electron chi connectivity index (χ0n) is 9.69. The third-order valence-corrected chi connectivity index (χ3v) is 4.04. The number of carbonyl (C=O) groups excluding carboxylic acids is 1. The van der Waals surface area contributed by atoms with Crippen LogP contribution in [0, 0.1) is 13.8 Å². The molecule has 2 heterocycles. The van der Waals surface area contributed by atoms with E-state index in [0.29, 0.717) is 13.0 Å². The Morgan fingerprint density at radius 2 is 2.29 bits per heavy atom. The Bertz CT molecular complexity index is 485. The van der Waals surface area contributed by atoms with Crippen LogP contribution in [0.25, 0.3) is 0 Å². The highest BCUT2D eigenvalue weighted by Gasteiger charge is 2.07. The molecule has 0 fully saturated rings. The minimum atomic E-state index is -0.0126. The van der Waals surface area contributed by atoms with Gasteiger partial charge in [0.05, 0.1) is 29.9 Å². The maximum atomic E-state index is 11.6. The van der Waals surface area contributed by atoms with Gasteiger partial charge in [0, 0.05) is 10.3 Å². The Labute approximate surface area is 108 Å². The number of amides is 1. The number of rotatable bonds is 4. The predicted molar refractivity (Wildman–Crippen MR) is 69.3 cm³/mol. The van der Waals surface area contributed by atoms with Gasteiger partial charge in [0.2, 0.25) is 5.91 Å². The highest BCUT2D eigenvalue weighted by atomic mass is 32.1. The number of nitrogens with one attached hydrogen (secondary N) is 1. The third kappa shape index (κ3) is 3.34. The summed E-state index contributed by atoms with van der Waals surface area (Å²) in [4.78, 5) is 21.3. The molecule has 0 atom stereocenters. The van der Waals surface area contributed by atoms with E-state index in [0.717, 1.165) is 16.4 Å². The normalized spacial score (nSPS) is 10.5. The Kier molecular flexibility index (Phi) is 3.86. The van der Waals surface area contributed by atoms with Crippen LogP contribution >= 0.6 is 22.7 Å². The second-order valence-electron chi connectivity index (χ2n) is 3.68. The molecule has 0 saturated carbocycles. The van der Waals surface area contributed by atoms with Gasteiger partial charge < -0.3 is 5.32 Å². The predicted octanol–water partition coefficient (Wildman–Crippen LogP) is 2.08. The van der Waals surface area contributed by atoms with Crippen molar-refractivity contribution in [2.45, 2.75) is 26.8 Å². The second kappa shape index (κ2) is 5.37. The minimum absolute atomic E-state index is 0.0126. The number of carbonyl (C=O) groups is 1. The van der Waals surface area contributed by atoms with E-state index in [4.69, 9.17) is 0 Å². The van der Waals surface area contributed by atoms with E-state index in [-0.39, 0.29) is 5.91 Å². The van der Waals surface area contributed by atoms with Gasteiger partial charge in [0.15, 0.2) is 0 Å². The minimum Gasteiger partial charge on any atom is -0.349 e. The van der Waals surface area contributed by atoms with Gasteiger partial charge in [-0.1, -0.05) is 0 Å². The lowest BCUT2D eigenvalue weighted by atomic mass is 10.3. The lowest BCUT2D eigenvalue weighted by Crippen LogP contribution is -2.24. The number of hydrogen-bond acceptors (Lipinski definition) is 5. The van der Waals surface area contributed by atoms with E-state index < -0.39 is 0 Å². The molecule has 4 nitrogen and oxygen atoms in total. The van der Waals surface area contributed by atoms with E-state index in [9.17, 15) is 4.79 Å². The summed E-state index contributed by atoms with van der Waals surface area (Å²) >= 11 is 3.12. The Hall–Kier alpha value is -1.27. The van der Waals surface area contributed by atoms with Crippen LogP contribution in [0.5, 0.6) is 0 Å². The first kappa shape index (κ1) is 12.2. The van der Waals surface area contributed by atoms with Crippen LogP contribution in [-0.2, 0) is 17.8 Å². The molecular weight excluding hydrogens is 254 g/mol. The second-order valence-corrected chi connectivity index (χ2v) is 5.69. The van der Waals surface area contributed by atoms with Crippen LogP contribution in [0.15, 0.2) is 10.9 Å². The van der Waals surface area contributed by atoms with Crippen LogP contribution in [0.3, 0.4) is 0 Å². The largest absolute Gasteiger partial charge is 0.349 e. The van der Waals surface area contributed by atoms with Gasteiger partial charge in [0.25, 0.3) is 0 Å². The standard InChI is InChI=1S/C11H13N3OS2/c1-7-8(2)17-11(14-7)4-12-10(15)3-9-5-16-6-13-9/h5-6H,3-4H2,1-2H3,(H,12,15). The van der Waals surface area contributed by atoms with Crippen molar-refractivity contribution in [1.29, 1.82) is 0 Å². The molecule has 0 aromatic carbocycles. The molecule has 6 heteroatoms. The number of thiazole rings is 2. The molecular formula is C11H13N3OS2. The SMILES string of the molecule is Cc1nc(CNC(=O)Cc2cscn2)sc1C. The lowest BCUT2D eigenvalue weighted by Gasteiger charge is -2.00. The summed E-state index contributed by atoms with van der Waals surface area (Å²) in [5.74, 6) is -0.0126. The van der Waals surface area contributed by atoms with Gasteiger partial charge in [-0.25, -0.2) is 9.97 Å².